The Morgan fingerprint density at radius 3 is 2.68 bits per heavy atom. The Morgan fingerprint density at radius 2 is 2.00 bits per heavy atom. The number of hydrogen-bond acceptors (Lipinski definition) is 3. The van der Waals surface area contributed by atoms with Crippen LogP contribution in [0.2, 0.25) is 0 Å². The van der Waals surface area contributed by atoms with E-state index >= 15 is 0 Å². The summed E-state index contributed by atoms with van der Waals surface area (Å²) in [5, 5.41) is 13.7. The van der Waals surface area contributed by atoms with Gasteiger partial charge >= 0.3 is 0 Å². The Labute approximate surface area is 114 Å². The summed E-state index contributed by atoms with van der Waals surface area (Å²) in [7, 11) is 0. The van der Waals surface area contributed by atoms with E-state index < -0.39 is 0 Å². The predicted octanol–water partition coefficient (Wildman–Crippen LogP) is 3.20. The lowest BCUT2D eigenvalue weighted by Gasteiger charge is -2.04. The molecule has 1 aromatic carbocycles. The number of amides is 1. The molecular formula is C15H22N2O2. The zero-order chi connectivity index (χ0) is 14.1. The molecule has 1 rings (SSSR count). The van der Waals surface area contributed by atoms with E-state index in [4.69, 9.17) is 0 Å². The minimum Gasteiger partial charge on any atom is -0.507 e. The largest absolute Gasteiger partial charge is 0.507 e. The third-order valence-electron chi connectivity index (χ3n) is 2.90. The molecule has 0 aliphatic heterocycles. The summed E-state index contributed by atoms with van der Waals surface area (Å²) >= 11 is 0. The molecule has 4 nitrogen and oxygen atoms in total. The number of nitrogens with one attached hydrogen (secondary N) is 1. The smallest absolute Gasteiger partial charge is 0.240 e. The second kappa shape index (κ2) is 8.29. The topological polar surface area (TPSA) is 61.7 Å². The Kier molecular flexibility index (Phi) is 6.64. The first-order valence-corrected chi connectivity index (χ1v) is 6.76. The number of unbranched alkanes of at least 4 members (excludes halogenated alkanes) is 3. The van der Waals surface area contributed by atoms with Gasteiger partial charge in [0, 0.05) is 12.0 Å². The van der Waals surface area contributed by atoms with E-state index in [-0.39, 0.29) is 11.7 Å². The molecule has 0 aliphatic rings. The Bertz CT molecular complexity index is 442. The maximum absolute atomic E-state index is 11.5. The number of carbonyl (C=O) groups excluding carboxylic acids is 1. The second-order valence-corrected chi connectivity index (χ2v) is 4.56. The van der Waals surface area contributed by atoms with Gasteiger partial charge in [0.1, 0.15) is 5.75 Å². The van der Waals surface area contributed by atoms with E-state index in [1.807, 2.05) is 6.07 Å². The predicted molar refractivity (Wildman–Crippen MR) is 77.2 cm³/mol. The zero-order valence-corrected chi connectivity index (χ0v) is 11.6. The SMILES string of the molecule is CCCCCCC(=O)N/N=C(\C)c1ccccc1O. The first-order valence-electron chi connectivity index (χ1n) is 6.76. The highest BCUT2D eigenvalue weighted by atomic mass is 16.3. The molecule has 0 saturated heterocycles. The van der Waals surface area contributed by atoms with Gasteiger partial charge in [0.25, 0.3) is 0 Å². The molecule has 2 N–H and O–H groups in total. The van der Waals surface area contributed by atoms with Crippen molar-refractivity contribution in [2.45, 2.75) is 46.0 Å². The van der Waals surface area contributed by atoms with Crippen molar-refractivity contribution in [1.29, 1.82) is 0 Å². The monoisotopic (exact) mass is 262 g/mol. The fourth-order valence-electron chi connectivity index (χ4n) is 1.75. The van der Waals surface area contributed by atoms with Crippen LogP contribution in [0.25, 0.3) is 0 Å². The van der Waals surface area contributed by atoms with Crippen molar-refractivity contribution >= 4 is 11.6 Å². The molecule has 19 heavy (non-hydrogen) atoms. The highest BCUT2D eigenvalue weighted by Gasteiger charge is 2.04. The van der Waals surface area contributed by atoms with Crippen LogP contribution >= 0.6 is 0 Å². The number of aromatic hydroxyl groups is 1. The lowest BCUT2D eigenvalue weighted by atomic mass is 10.1. The van der Waals surface area contributed by atoms with Gasteiger partial charge in [-0.3, -0.25) is 4.79 Å². The van der Waals surface area contributed by atoms with E-state index in [0.717, 1.165) is 25.7 Å². The number of para-hydroxylation sites is 1. The summed E-state index contributed by atoms with van der Waals surface area (Å²) in [6.45, 7) is 3.90. The molecule has 0 spiro atoms. The van der Waals surface area contributed by atoms with Gasteiger partial charge in [0.2, 0.25) is 5.91 Å². The molecule has 0 radical (unpaired) electrons. The van der Waals surface area contributed by atoms with Crippen molar-refractivity contribution in [2.75, 3.05) is 0 Å². The maximum atomic E-state index is 11.5. The van der Waals surface area contributed by atoms with Crippen molar-refractivity contribution in [3.05, 3.63) is 29.8 Å². The van der Waals surface area contributed by atoms with Crippen LogP contribution in [-0.2, 0) is 4.79 Å². The van der Waals surface area contributed by atoms with Gasteiger partial charge in [-0.05, 0) is 25.5 Å². The minimum atomic E-state index is -0.0779. The van der Waals surface area contributed by atoms with Crippen LogP contribution in [0.5, 0.6) is 5.75 Å². The van der Waals surface area contributed by atoms with E-state index in [0.29, 0.717) is 17.7 Å². The number of phenolic OH excluding ortho intramolecular Hbond substituents is 1. The van der Waals surface area contributed by atoms with Crippen molar-refractivity contribution in [2.24, 2.45) is 5.10 Å². The van der Waals surface area contributed by atoms with Crippen LogP contribution in [0.4, 0.5) is 0 Å². The molecule has 0 unspecified atom stereocenters. The van der Waals surface area contributed by atoms with Crippen LogP contribution < -0.4 is 5.43 Å². The first-order chi connectivity index (χ1) is 9.15. The molecule has 0 bridgehead atoms. The van der Waals surface area contributed by atoms with E-state index in [9.17, 15) is 9.90 Å². The molecular weight excluding hydrogens is 240 g/mol. The summed E-state index contributed by atoms with van der Waals surface area (Å²) in [6, 6.07) is 6.93. The Morgan fingerprint density at radius 1 is 1.26 bits per heavy atom. The lowest BCUT2D eigenvalue weighted by Crippen LogP contribution is -2.18. The third-order valence-corrected chi connectivity index (χ3v) is 2.90. The third kappa shape index (κ3) is 5.55. The van der Waals surface area contributed by atoms with Crippen molar-refractivity contribution < 1.29 is 9.90 Å². The molecule has 0 fully saturated rings. The molecule has 0 saturated carbocycles. The average Bonchev–Trinajstić information content (AvgIpc) is 2.41. The van der Waals surface area contributed by atoms with Crippen LogP contribution in [0, 0.1) is 0 Å². The molecule has 0 atom stereocenters. The van der Waals surface area contributed by atoms with Crippen molar-refractivity contribution in [1.82, 2.24) is 5.43 Å². The zero-order valence-electron chi connectivity index (χ0n) is 11.6. The highest BCUT2D eigenvalue weighted by molar-refractivity contribution is 6.01. The molecule has 104 valence electrons. The van der Waals surface area contributed by atoms with Crippen LogP contribution in [-0.4, -0.2) is 16.7 Å². The quantitative estimate of drug-likeness (QED) is 0.450. The number of benzene rings is 1. The van der Waals surface area contributed by atoms with Gasteiger partial charge in [-0.15, -0.1) is 0 Å². The van der Waals surface area contributed by atoms with Gasteiger partial charge in [-0.1, -0.05) is 38.3 Å². The maximum Gasteiger partial charge on any atom is 0.240 e. The highest BCUT2D eigenvalue weighted by Crippen LogP contribution is 2.16. The minimum absolute atomic E-state index is 0.0779. The number of phenols is 1. The molecule has 4 heteroatoms. The van der Waals surface area contributed by atoms with Crippen LogP contribution in [0.1, 0.15) is 51.5 Å². The summed E-state index contributed by atoms with van der Waals surface area (Å²) in [5.41, 5.74) is 3.75. The van der Waals surface area contributed by atoms with E-state index in [1.54, 1.807) is 25.1 Å². The Balaban J connectivity index is 2.43. The summed E-state index contributed by atoms with van der Waals surface area (Å²) < 4.78 is 0. The first kappa shape index (κ1) is 15.2. The Hall–Kier alpha value is -1.84. The number of nitrogens with zero attached hydrogens (tertiary/aromatic N) is 1. The van der Waals surface area contributed by atoms with Gasteiger partial charge in [-0.25, -0.2) is 5.43 Å². The van der Waals surface area contributed by atoms with E-state index in [1.165, 1.54) is 0 Å². The van der Waals surface area contributed by atoms with Crippen LogP contribution in [0.15, 0.2) is 29.4 Å². The lowest BCUT2D eigenvalue weighted by molar-refractivity contribution is -0.121. The summed E-state index contributed by atoms with van der Waals surface area (Å²) in [6.07, 6.45) is 4.79. The molecule has 0 aliphatic carbocycles. The number of carbonyl (C=O) groups is 1. The second-order valence-electron chi connectivity index (χ2n) is 4.56. The van der Waals surface area contributed by atoms with Crippen molar-refractivity contribution in [3.8, 4) is 5.75 Å². The fraction of sp³-hybridized carbons (Fsp3) is 0.467. The van der Waals surface area contributed by atoms with Gasteiger partial charge in [0.05, 0.1) is 5.71 Å². The normalized spacial score (nSPS) is 11.4. The average molecular weight is 262 g/mol. The standard InChI is InChI=1S/C15H22N2O2/c1-3-4-5-6-11-15(19)17-16-12(2)13-9-7-8-10-14(13)18/h7-10,18H,3-6,11H2,1-2H3,(H,17,19)/b16-12+. The van der Waals surface area contributed by atoms with Gasteiger partial charge < -0.3 is 5.11 Å². The summed E-state index contributed by atoms with van der Waals surface area (Å²) in [4.78, 5) is 11.5. The fourth-order valence-corrected chi connectivity index (χ4v) is 1.75. The van der Waals surface area contributed by atoms with Gasteiger partial charge in [-0.2, -0.15) is 5.10 Å². The molecule has 1 amide bonds. The number of hydrogen-bond donors (Lipinski definition) is 2. The van der Waals surface area contributed by atoms with E-state index in [2.05, 4.69) is 17.5 Å². The molecule has 1 aromatic rings. The number of hydrazone groups is 1. The molecule has 0 heterocycles. The van der Waals surface area contributed by atoms with Crippen molar-refractivity contribution in [3.63, 3.8) is 0 Å². The molecule has 0 aromatic heterocycles. The van der Waals surface area contributed by atoms with Gasteiger partial charge in [0.15, 0.2) is 0 Å². The summed E-state index contributed by atoms with van der Waals surface area (Å²) in [5.74, 6) is 0.0896. The van der Waals surface area contributed by atoms with Crippen LogP contribution in [0.3, 0.4) is 0 Å². The number of rotatable bonds is 7.